The second kappa shape index (κ2) is 9.32. The third-order valence-corrected chi connectivity index (χ3v) is 5.72. The summed E-state index contributed by atoms with van der Waals surface area (Å²) >= 11 is 0. The van der Waals surface area contributed by atoms with E-state index in [0.29, 0.717) is 18.9 Å². The number of nitrogens with one attached hydrogen (secondary N) is 2. The molecule has 1 aliphatic carbocycles. The van der Waals surface area contributed by atoms with Gasteiger partial charge in [-0.05, 0) is 50.2 Å². The zero-order chi connectivity index (χ0) is 20.0. The molecule has 0 aliphatic heterocycles. The van der Waals surface area contributed by atoms with E-state index >= 15 is 0 Å². The van der Waals surface area contributed by atoms with Crippen LogP contribution in [0, 0.1) is 18.8 Å². The van der Waals surface area contributed by atoms with E-state index in [1.165, 1.54) is 12.1 Å². The van der Waals surface area contributed by atoms with E-state index in [1.54, 1.807) is 12.1 Å². The summed E-state index contributed by atoms with van der Waals surface area (Å²) in [4.78, 5) is 24.2. The molecule has 8 heteroatoms. The zero-order valence-corrected chi connectivity index (χ0v) is 16.8. The van der Waals surface area contributed by atoms with Gasteiger partial charge in [0, 0.05) is 0 Å². The Balaban J connectivity index is 1.96. The predicted octanol–water partition coefficient (Wildman–Crippen LogP) is 1.76. The van der Waals surface area contributed by atoms with Gasteiger partial charge in [-0.15, -0.1) is 0 Å². The summed E-state index contributed by atoms with van der Waals surface area (Å²) in [5.74, 6) is -0.523. The molecule has 27 heavy (non-hydrogen) atoms. The van der Waals surface area contributed by atoms with E-state index in [4.69, 9.17) is 4.74 Å². The summed E-state index contributed by atoms with van der Waals surface area (Å²) in [6.45, 7) is 5.76. The number of carbonyl (C=O) groups excluding carboxylic acids is 2. The molecule has 1 amide bonds. The molecule has 1 aliphatic rings. The van der Waals surface area contributed by atoms with Crippen molar-refractivity contribution in [2.45, 2.75) is 51.0 Å². The molecule has 150 valence electrons. The standard InChI is InChI=1S/C19H28N2O5S/c1-13(2)10-17(19(23)20-11-18(22)26-12-15-6-7-15)21-27(24,25)16-8-4-14(3)5-9-16/h4-5,8-9,13,15,17,21H,6-7,10-12H2,1-3H3,(H,20,23). The zero-order valence-electron chi connectivity index (χ0n) is 16.0. The van der Waals surface area contributed by atoms with Gasteiger partial charge in [-0.1, -0.05) is 31.5 Å². The lowest BCUT2D eigenvalue weighted by molar-refractivity contribution is -0.144. The largest absolute Gasteiger partial charge is 0.464 e. The lowest BCUT2D eigenvalue weighted by Gasteiger charge is -2.20. The highest BCUT2D eigenvalue weighted by Crippen LogP contribution is 2.28. The lowest BCUT2D eigenvalue weighted by atomic mass is 10.0. The number of benzene rings is 1. The molecule has 0 spiro atoms. The van der Waals surface area contributed by atoms with Crippen LogP contribution in [-0.2, 0) is 24.3 Å². The molecule has 1 fully saturated rings. The van der Waals surface area contributed by atoms with Gasteiger partial charge < -0.3 is 10.1 Å². The highest BCUT2D eigenvalue weighted by atomic mass is 32.2. The Kier molecular flexibility index (Phi) is 7.38. The van der Waals surface area contributed by atoms with Crippen LogP contribution in [0.5, 0.6) is 0 Å². The van der Waals surface area contributed by atoms with Crippen molar-refractivity contribution in [1.82, 2.24) is 10.0 Å². The number of aryl methyl sites for hydroxylation is 1. The molecule has 2 rings (SSSR count). The average Bonchev–Trinajstić information content (AvgIpc) is 3.41. The van der Waals surface area contributed by atoms with Crippen molar-refractivity contribution < 1.29 is 22.7 Å². The fraction of sp³-hybridized carbons (Fsp3) is 0.579. The van der Waals surface area contributed by atoms with E-state index in [-0.39, 0.29) is 17.4 Å². The third kappa shape index (κ3) is 7.30. The van der Waals surface area contributed by atoms with Crippen LogP contribution in [0.4, 0.5) is 0 Å². The van der Waals surface area contributed by atoms with Crippen LogP contribution in [0.3, 0.4) is 0 Å². The smallest absolute Gasteiger partial charge is 0.325 e. The maximum Gasteiger partial charge on any atom is 0.325 e. The predicted molar refractivity (Wildman–Crippen MR) is 101 cm³/mol. The van der Waals surface area contributed by atoms with Crippen molar-refractivity contribution in [3.05, 3.63) is 29.8 Å². The normalized spacial score (nSPS) is 15.4. The molecule has 1 aromatic rings. The highest BCUT2D eigenvalue weighted by molar-refractivity contribution is 7.89. The van der Waals surface area contributed by atoms with Crippen molar-refractivity contribution in [3.8, 4) is 0 Å². The van der Waals surface area contributed by atoms with Crippen molar-refractivity contribution in [2.75, 3.05) is 13.2 Å². The molecule has 1 atom stereocenters. The first-order valence-corrected chi connectivity index (χ1v) is 10.7. The van der Waals surface area contributed by atoms with Crippen molar-refractivity contribution >= 4 is 21.9 Å². The van der Waals surface area contributed by atoms with Crippen LogP contribution in [-0.4, -0.2) is 39.5 Å². The number of sulfonamides is 1. The quantitative estimate of drug-likeness (QED) is 0.587. The lowest BCUT2D eigenvalue weighted by Crippen LogP contribution is -2.48. The number of ether oxygens (including phenoxy) is 1. The monoisotopic (exact) mass is 396 g/mol. The second-order valence-electron chi connectivity index (χ2n) is 7.46. The molecule has 0 aromatic heterocycles. The molecule has 0 saturated heterocycles. The van der Waals surface area contributed by atoms with E-state index in [2.05, 4.69) is 10.0 Å². The maximum absolute atomic E-state index is 12.6. The summed E-state index contributed by atoms with van der Waals surface area (Å²) in [7, 11) is -3.85. The van der Waals surface area contributed by atoms with Crippen LogP contribution in [0.1, 0.15) is 38.7 Å². The molecular formula is C19H28N2O5S. The molecule has 2 N–H and O–H groups in total. The van der Waals surface area contributed by atoms with Gasteiger partial charge >= 0.3 is 5.97 Å². The fourth-order valence-electron chi connectivity index (χ4n) is 2.48. The fourth-order valence-corrected chi connectivity index (χ4v) is 3.69. The Morgan fingerprint density at radius 3 is 2.37 bits per heavy atom. The van der Waals surface area contributed by atoms with Gasteiger partial charge in [-0.2, -0.15) is 4.72 Å². The molecule has 0 bridgehead atoms. The first-order chi connectivity index (χ1) is 12.7. The molecule has 0 heterocycles. The minimum absolute atomic E-state index is 0.0864. The van der Waals surface area contributed by atoms with Gasteiger partial charge in [-0.3, -0.25) is 9.59 Å². The number of carbonyl (C=O) groups is 2. The van der Waals surface area contributed by atoms with Crippen molar-refractivity contribution in [1.29, 1.82) is 0 Å². The van der Waals surface area contributed by atoms with Crippen LogP contribution < -0.4 is 10.0 Å². The van der Waals surface area contributed by atoms with Gasteiger partial charge in [-0.25, -0.2) is 8.42 Å². The van der Waals surface area contributed by atoms with Gasteiger partial charge in [0.05, 0.1) is 11.5 Å². The Morgan fingerprint density at radius 2 is 1.81 bits per heavy atom. The molecule has 7 nitrogen and oxygen atoms in total. The number of esters is 1. The molecule has 0 radical (unpaired) electrons. The van der Waals surface area contributed by atoms with Crippen LogP contribution >= 0.6 is 0 Å². The molecule has 1 unspecified atom stereocenters. The van der Waals surface area contributed by atoms with E-state index in [1.807, 2.05) is 20.8 Å². The highest BCUT2D eigenvalue weighted by Gasteiger charge is 2.27. The SMILES string of the molecule is Cc1ccc(S(=O)(=O)NC(CC(C)C)C(=O)NCC(=O)OCC2CC2)cc1. The summed E-state index contributed by atoms with van der Waals surface area (Å²) in [5, 5.41) is 2.47. The third-order valence-electron chi connectivity index (χ3n) is 4.24. The van der Waals surface area contributed by atoms with Gasteiger partial charge in [0.1, 0.15) is 12.6 Å². The minimum Gasteiger partial charge on any atom is -0.464 e. The number of amides is 1. The van der Waals surface area contributed by atoms with Crippen LogP contribution in [0.25, 0.3) is 0 Å². The van der Waals surface area contributed by atoms with Crippen LogP contribution in [0.15, 0.2) is 29.2 Å². The molecule has 1 aromatic carbocycles. The summed E-state index contributed by atoms with van der Waals surface area (Å²) < 4.78 is 32.7. The van der Waals surface area contributed by atoms with Crippen molar-refractivity contribution in [2.24, 2.45) is 11.8 Å². The maximum atomic E-state index is 12.6. The van der Waals surface area contributed by atoms with Crippen LogP contribution in [0.2, 0.25) is 0 Å². The van der Waals surface area contributed by atoms with E-state index in [9.17, 15) is 18.0 Å². The van der Waals surface area contributed by atoms with Crippen molar-refractivity contribution in [3.63, 3.8) is 0 Å². The average molecular weight is 397 g/mol. The topological polar surface area (TPSA) is 102 Å². The molecule has 1 saturated carbocycles. The van der Waals surface area contributed by atoms with E-state index in [0.717, 1.165) is 18.4 Å². The van der Waals surface area contributed by atoms with E-state index < -0.39 is 27.9 Å². The minimum atomic E-state index is -3.85. The Bertz CT molecular complexity index is 755. The van der Waals surface area contributed by atoms with Gasteiger partial charge in [0.2, 0.25) is 15.9 Å². The summed E-state index contributed by atoms with van der Waals surface area (Å²) in [5.41, 5.74) is 0.940. The first kappa shape index (κ1) is 21.4. The Labute approximate surface area is 160 Å². The second-order valence-corrected chi connectivity index (χ2v) is 9.17. The Morgan fingerprint density at radius 1 is 1.19 bits per heavy atom. The number of hydrogen-bond acceptors (Lipinski definition) is 5. The molecular weight excluding hydrogens is 368 g/mol. The first-order valence-electron chi connectivity index (χ1n) is 9.19. The number of rotatable bonds is 10. The summed E-state index contributed by atoms with van der Waals surface area (Å²) in [6.07, 6.45) is 2.45. The number of hydrogen-bond donors (Lipinski definition) is 2. The van der Waals surface area contributed by atoms with Gasteiger partial charge in [0.25, 0.3) is 0 Å². The Hall–Kier alpha value is -1.93. The summed E-state index contributed by atoms with van der Waals surface area (Å²) in [6, 6.07) is 5.42. The van der Waals surface area contributed by atoms with Gasteiger partial charge in [0.15, 0.2) is 0 Å².